The highest BCUT2D eigenvalue weighted by atomic mass is 16.5. The van der Waals surface area contributed by atoms with Crippen molar-refractivity contribution in [3.05, 3.63) is 89.0 Å². The number of fused-ring (bicyclic) bond motifs is 4. The van der Waals surface area contributed by atoms with Gasteiger partial charge in [0.05, 0.1) is 13.2 Å². The Bertz CT molecular complexity index is 1230. The average Bonchev–Trinajstić information content (AvgIpc) is 2.78. The summed E-state index contributed by atoms with van der Waals surface area (Å²) >= 11 is 0. The predicted octanol–water partition coefficient (Wildman–Crippen LogP) is 5.63. The van der Waals surface area contributed by atoms with Gasteiger partial charge in [0.2, 0.25) is 0 Å². The summed E-state index contributed by atoms with van der Waals surface area (Å²) in [6.45, 7) is 5.90. The van der Waals surface area contributed by atoms with Gasteiger partial charge in [0.25, 0.3) is 5.91 Å². The molecule has 0 radical (unpaired) electrons. The van der Waals surface area contributed by atoms with Crippen LogP contribution in [0.15, 0.2) is 66.7 Å². The second-order valence-corrected chi connectivity index (χ2v) is 8.90. The Labute approximate surface area is 193 Å². The van der Waals surface area contributed by atoms with Crippen LogP contribution in [0.25, 0.3) is 0 Å². The van der Waals surface area contributed by atoms with Crippen LogP contribution in [-0.2, 0) is 0 Å². The van der Waals surface area contributed by atoms with Crippen LogP contribution in [0.2, 0.25) is 0 Å². The summed E-state index contributed by atoms with van der Waals surface area (Å²) in [5, 5.41) is 0. The third-order valence-corrected chi connectivity index (χ3v) is 6.38. The first kappa shape index (κ1) is 21.1. The molecule has 0 N–H and O–H groups in total. The zero-order valence-corrected chi connectivity index (χ0v) is 19.2. The number of imide groups is 1. The highest BCUT2D eigenvalue weighted by Crippen LogP contribution is 2.49. The van der Waals surface area contributed by atoms with E-state index in [2.05, 4.69) is 6.07 Å². The molecule has 6 nitrogen and oxygen atoms in total. The molecule has 3 aromatic rings. The van der Waals surface area contributed by atoms with Crippen LogP contribution in [0.3, 0.4) is 0 Å². The zero-order chi connectivity index (χ0) is 23.3. The monoisotopic (exact) mass is 442 g/mol. The van der Waals surface area contributed by atoms with Crippen LogP contribution in [-0.4, -0.2) is 29.7 Å². The Morgan fingerprint density at radius 2 is 1.70 bits per heavy atom. The van der Waals surface area contributed by atoms with Gasteiger partial charge in [0, 0.05) is 23.2 Å². The number of hydrogen-bond donors (Lipinski definition) is 0. The minimum absolute atomic E-state index is 0.346. The van der Waals surface area contributed by atoms with Gasteiger partial charge in [-0.15, -0.1) is 0 Å². The molecule has 2 heterocycles. The summed E-state index contributed by atoms with van der Waals surface area (Å²) < 4.78 is 11.6. The van der Waals surface area contributed by atoms with Gasteiger partial charge in [0.15, 0.2) is 5.72 Å². The van der Waals surface area contributed by atoms with E-state index in [1.807, 2.05) is 57.2 Å². The molecule has 0 saturated carbocycles. The number of benzene rings is 3. The number of methoxy groups -OCH3 is 1. The molecule has 2 aliphatic heterocycles. The summed E-state index contributed by atoms with van der Waals surface area (Å²) in [5.74, 6) is 0.990. The maximum Gasteiger partial charge on any atom is 0.335 e. The molecule has 0 aromatic heterocycles. The number of nitrogens with zero attached hydrogens (tertiary/aromatic N) is 2. The Morgan fingerprint density at radius 1 is 1.03 bits per heavy atom. The number of urea groups is 1. The highest BCUT2D eigenvalue weighted by Gasteiger charge is 2.55. The van der Waals surface area contributed by atoms with Crippen molar-refractivity contribution >= 4 is 17.6 Å². The summed E-state index contributed by atoms with van der Waals surface area (Å²) in [4.78, 5) is 30.8. The number of carbonyl (C=O) groups excluding carboxylic acids is 2. The Kier molecular flexibility index (Phi) is 4.89. The minimum atomic E-state index is -0.924. The van der Waals surface area contributed by atoms with Crippen LogP contribution in [0, 0.1) is 13.8 Å². The summed E-state index contributed by atoms with van der Waals surface area (Å²) in [7, 11) is 1.58. The van der Waals surface area contributed by atoms with Gasteiger partial charge in [-0.2, -0.15) is 0 Å². The summed E-state index contributed by atoms with van der Waals surface area (Å²) in [6.07, 6.45) is 0.463. The van der Waals surface area contributed by atoms with E-state index in [1.54, 1.807) is 36.3 Å². The molecular weight excluding hydrogens is 416 g/mol. The number of para-hydroxylation sites is 1. The molecule has 2 atom stereocenters. The molecule has 1 saturated heterocycles. The molecule has 5 rings (SSSR count). The van der Waals surface area contributed by atoms with Crippen LogP contribution in [0.4, 0.5) is 10.5 Å². The number of rotatable bonds is 3. The quantitative estimate of drug-likeness (QED) is 0.527. The Hall–Kier alpha value is -3.80. The Morgan fingerprint density at radius 3 is 2.36 bits per heavy atom. The highest BCUT2D eigenvalue weighted by molar-refractivity contribution is 6.10. The maximum atomic E-state index is 14.0. The van der Waals surface area contributed by atoms with Crippen molar-refractivity contribution in [2.45, 2.75) is 39.0 Å². The topological polar surface area (TPSA) is 59.1 Å². The first-order valence-electron chi connectivity index (χ1n) is 11.0. The van der Waals surface area contributed by atoms with Crippen LogP contribution < -0.4 is 14.4 Å². The van der Waals surface area contributed by atoms with Gasteiger partial charge in [-0.3, -0.25) is 14.6 Å². The Balaban J connectivity index is 1.66. The second-order valence-electron chi connectivity index (χ2n) is 8.90. The third-order valence-electron chi connectivity index (χ3n) is 6.38. The summed E-state index contributed by atoms with van der Waals surface area (Å²) in [6, 6.07) is 19.6. The lowest BCUT2D eigenvalue weighted by atomic mass is 9.88. The van der Waals surface area contributed by atoms with Gasteiger partial charge < -0.3 is 9.47 Å². The standard InChI is InChI=1S/C27H26N2O4/c1-17-13-18(2)15-20(14-17)29-26(31)28(25(30)19-9-11-21(32-4)12-10-19)23-16-27(29,3)33-24-8-6-5-7-22(23)24/h5-15,23H,16H2,1-4H3/t23-,27-/m0/s1. The maximum absolute atomic E-state index is 14.0. The van der Waals surface area contributed by atoms with E-state index in [0.29, 0.717) is 29.2 Å². The number of carbonyl (C=O) groups is 2. The van der Waals surface area contributed by atoms with E-state index in [0.717, 1.165) is 16.7 Å². The molecule has 3 aromatic carbocycles. The molecule has 33 heavy (non-hydrogen) atoms. The van der Waals surface area contributed by atoms with Gasteiger partial charge in [-0.25, -0.2) is 4.79 Å². The third kappa shape index (κ3) is 3.42. The van der Waals surface area contributed by atoms with Crippen LogP contribution >= 0.6 is 0 Å². The van der Waals surface area contributed by atoms with Crippen LogP contribution in [0.5, 0.6) is 11.5 Å². The number of anilines is 1. The fourth-order valence-corrected chi connectivity index (χ4v) is 4.97. The average molecular weight is 443 g/mol. The molecule has 6 heteroatoms. The van der Waals surface area contributed by atoms with E-state index >= 15 is 0 Å². The molecule has 1 fully saturated rings. The normalized spacial score (nSPS) is 21.3. The molecule has 3 amide bonds. The van der Waals surface area contributed by atoms with E-state index in [9.17, 15) is 9.59 Å². The molecule has 0 unspecified atom stereocenters. The SMILES string of the molecule is COc1ccc(C(=O)N2C(=O)N(c3cc(C)cc(C)c3)[C@]3(C)C[C@H]2c2ccccc2O3)cc1. The molecule has 168 valence electrons. The first-order valence-corrected chi connectivity index (χ1v) is 11.0. The minimum Gasteiger partial charge on any atom is -0.497 e. The smallest absolute Gasteiger partial charge is 0.335 e. The van der Waals surface area contributed by atoms with Crippen molar-refractivity contribution in [1.29, 1.82) is 0 Å². The molecule has 2 bridgehead atoms. The molecule has 2 aliphatic rings. The fourth-order valence-electron chi connectivity index (χ4n) is 4.97. The van der Waals surface area contributed by atoms with Crippen molar-refractivity contribution < 1.29 is 19.1 Å². The van der Waals surface area contributed by atoms with Gasteiger partial charge in [-0.1, -0.05) is 24.3 Å². The van der Waals surface area contributed by atoms with Crippen molar-refractivity contribution in [2.24, 2.45) is 0 Å². The number of amides is 3. The second kappa shape index (κ2) is 7.66. The van der Waals surface area contributed by atoms with Gasteiger partial charge >= 0.3 is 6.03 Å². The fraction of sp³-hybridized carbons (Fsp3) is 0.259. The number of aryl methyl sites for hydroxylation is 2. The lowest BCUT2D eigenvalue weighted by molar-refractivity contribution is 0.00268. The van der Waals surface area contributed by atoms with Gasteiger partial charge in [0.1, 0.15) is 11.5 Å². The predicted molar refractivity (Wildman–Crippen MR) is 126 cm³/mol. The lowest BCUT2D eigenvalue weighted by Crippen LogP contribution is -2.67. The lowest BCUT2D eigenvalue weighted by Gasteiger charge is -2.53. The van der Waals surface area contributed by atoms with E-state index in [1.165, 1.54) is 4.90 Å². The van der Waals surface area contributed by atoms with E-state index in [-0.39, 0.29) is 5.91 Å². The zero-order valence-electron chi connectivity index (χ0n) is 19.2. The summed E-state index contributed by atoms with van der Waals surface area (Å²) in [5.41, 5.74) is 3.13. The largest absolute Gasteiger partial charge is 0.497 e. The number of ether oxygens (including phenoxy) is 2. The first-order chi connectivity index (χ1) is 15.8. The van der Waals surface area contributed by atoms with E-state index in [4.69, 9.17) is 9.47 Å². The van der Waals surface area contributed by atoms with Crippen molar-refractivity contribution in [3.8, 4) is 11.5 Å². The van der Waals surface area contributed by atoms with E-state index < -0.39 is 17.8 Å². The van der Waals surface area contributed by atoms with Crippen LogP contribution in [0.1, 0.15) is 46.4 Å². The van der Waals surface area contributed by atoms with Crippen molar-refractivity contribution in [2.75, 3.05) is 12.0 Å². The number of hydrogen-bond acceptors (Lipinski definition) is 4. The molecule has 0 aliphatic carbocycles. The van der Waals surface area contributed by atoms with Crippen molar-refractivity contribution in [3.63, 3.8) is 0 Å². The molecule has 0 spiro atoms. The molecular formula is C27H26N2O4. The van der Waals surface area contributed by atoms with Gasteiger partial charge in [-0.05, 0) is 74.4 Å². The van der Waals surface area contributed by atoms with Crippen molar-refractivity contribution in [1.82, 2.24) is 4.90 Å².